The normalized spacial score (nSPS) is 31.7. The van der Waals surface area contributed by atoms with E-state index in [4.69, 9.17) is 25.8 Å². The number of esters is 1. The number of rotatable bonds is 8. The standard InChI is InChI=1S/C37H50ClN3O10S/c1-20(2)52-19-31(45)40(7)23(5)34(46)50-29-15-30(44)41(8)27-14-24(13-25(17-42)32(27)38)12-21(3)10-9-11-26(18-43)37(48)16-28(49-35(47)39-37)22(4)33-36(29,6)51-33/h9-11,13-14,17,20,22-23,26,28-29,33,43,48H,12,15-16,18-19H2,1-8H3,(H,39,47)/b11-9+,21-10+. The van der Waals surface area contributed by atoms with Crippen LogP contribution in [0, 0.1) is 11.8 Å². The number of thioether (sulfide) groups is 1. The summed E-state index contributed by atoms with van der Waals surface area (Å²) in [6.07, 6.45) is 1.91. The zero-order chi connectivity index (χ0) is 38.7. The third kappa shape index (κ3) is 9.19. The van der Waals surface area contributed by atoms with Crippen molar-refractivity contribution in [2.45, 2.75) is 102 Å². The number of anilines is 1. The van der Waals surface area contributed by atoms with Gasteiger partial charge in [-0.3, -0.25) is 19.7 Å². The molecule has 1 aromatic rings. The maximum Gasteiger partial charge on any atom is 0.409 e. The number of carbonyl (C=O) groups is 5. The fourth-order valence-electron chi connectivity index (χ4n) is 6.58. The molecule has 2 fully saturated rings. The van der Waals surface area contributed by atoms with E-state index in [1.807, 2.05) is 20.8 Å². The van der Waals surface area contributed by atoms with Gasteiger partial charge in [0.15, 0.2) is 12.0 Å². The number of aliphatic hydroxyl groups excluding tert-OH is 1. The Bertz CT molecular complexity index is 1620. The monoisotopic (exact) mass is 763 g/mol. The highest BCUT2D eigenvalue weighted by Crippen LogP contribution is 2.49. The van der Waals surface area contributed by atoms with Gasteiger partial charge in [-0.2, -0.15) is 0 Å². The van der Waals surface area contributed by atoms with Gasteiger partial charge in [0.1, 0.15) is 23.9 Å². The minimum absolute atomic E-state index is 0.0737. The van der Waals surface area contributed by atoms with Crippen LogP contribution in [0.4, 0.5) is 10.5 Å². The molecule has 286 valence electrons. The van der Waals surface area contributed by atoms with Crippen molar-refractivity contribution < 1.29 is 48.4 Å². The first-order chi connectivity index (χ1) is 24.3. The molecule has 13 nitrogen and oxygen atoms in total. The fourth-order valence-corrected chi connectivity index (χ4v) is 7.54. The van der Waals surface area contributed by atoms with Gasteiger partial charge in [-0.15, -0.1) is 11.8 Å². The van der Waals surface area contributed by atoms with E-state index in [1.54, 1.807) is 44.2 Å². The van der Waals surface area contributed by atoms with E-state index in [0.717, 1.165) is 5.57 Å². The van der Waals surface area contributed by atoms with E-state index in [1.165, 1.54) is 42.6 Å². The van der Waals surface area contributed by atoms with Gasteiger partial charge in [0.2, 0.25) is 11.8 Å². The van der Waals surface area contributed by atoms with E-state index < -0.39 is 72.1 Å². The van der Waals surface area contributed by atoms with Crippen LogP contribution in [0.15, 0.2) is 35.9 Å². The molecule has 4 bridgehead atoms. The molecular formula is C37H50ClN3O10S. The summed E-state index contributed by atoms with van der Waals surface area (Å²) in [4.78, 5) is 68.0. The van der Waals surface area contributed by atoms with Crippen LogP contribution in [0.3, 0.4) is 0 Å². The number of halogens is 1. The number of benzene rings is 1. The van der Waals surface area contributed by atoms with Crippen molar-refractivity contribution in [2.75, 3.05) is 31.4 Å². The molecule has 0 radical (unpaired) electrons. The molecule has 0 saturated carbocycles. The first-order valence-corrected chi connectivity index (χ1v) is 18.7. The summed E-state index contributed by atoms with van der Waals surface area (Å²) >= 11 is 8.08. The first-order valence-electron chi connectivity index (χ1n) is 17.3. The smallest absolute Gasteiger partial charge is 0.409 e. The zero-order valence-electron chi connectivity index (χ0n) is 30.9. The van der Waals surface area contributed by atoms with Crippen molar-refractivity contribution in [2.24, 2.45) is 11.8 Å². The van der Waals surface area contributed by atoms with Crippen LogP contribution in [-0.4, -0.2) is 113 Å². The number of fused-ring (bicyclic) bond motifs is 5. The number of nitrogens with one attached hydrogen (secondary N) is 1. The lowest BCUT2D eigenvalue weighted by Crippen LogP contribution is -2.62. The number of allylic oxidation sites excluding steroid dienone is 3. The number of aliphatic hydroxyl groups is 2. The number of nitrogens with zero attached hydrogens (tertiary/aromatic N) is 2. The van der Waals surface area contributed by atoms with E-state index in [9.17, 15) is 34.2 Å². The Kier molecular flexibility index (Phi) is 13.3. The Balaban J connectivity index is 1.75. The molecule has 3 N–H and O–H groups in total. The van der Waals surface area contributed by atoms with Crippen molar-refractivity contribution >= 4 is 59.2 Å². The molecule has 0 aliphatic carbocycles. The molecule has 4 rings (SSSR count). The zero-order valence-corrected chi connectivity index (χ0v) is 32.5. The lowest BCUT2D eigenvalue weighted by molar-refractivity contribution is -0.161. The molecule has 15 heteroatoms. The van der Waals surface area contributed by atoms with Crippen molar-refractivity contribution in [3.63, 3.8) is 0 Å². The van der Waals surface area contributed by atoms with E-state index >= 15 is 0 Å². The van der Waals surface area contributed by atoms with Crippen LogP contribution in [0.1, 0.15) is 70.3 Å². The molecular weight excluding hydrogens is 714 g/mol. The molecule has 3 heterocycles. The molecule has 8 unspecified atom stereocenters. The molecule has 52 heavy (non-hydrogen) atoms. The molecule has 3 aliphatic heterocycles. The van der Waals surface area contributed by atoms with Crippen molar-refractivity contribution in [3.05, 3.63) is 52.1 Å². The number of ether oxygens (including phenoxy) is 3. The number of epoxide rings is 1. The summed E-state index contributed by atoms with van der Waals surface area (Å²) in [5.41, 5.74) is -1.14. The number of alkyl carbamates (subject to hydrolysis) is 1. The summed E-state index contributed by atoms with van der Waals surface area (Å²) in [5.74, 6) is -2.81. The molecule has 0 aromatic heterocycles. The van der Waals surface area contributed by atoms with Crippen LogP contribution in [-0.2, 0) is 35.0 Å². The van der Waals surface area contributed by atoms with E-state index in [-0.39, 0.29) is 46.0 Å². The van der Waals surface area contributed by atoms with Crippen LogP contribution in [0.5, 0.6) is 0 Å². The summed E-state index contributed by atoms with van der Waals surface area (Å²) in [5, 5.41) is 24.7. The topological polar surface area (TPSA) is 175 Å². The van der Waals surface area contributed by atoms with E-state index in [2.05, 4.69) is 5.32 Å². The maximum absolute atomic E-state index is 14.1. The van der Waals surface area contributed by atoms with Crippen molar-refractivity contribution in [1.29, 1.82) is 0 Å². The SMILES string of the molecule is C/C1=C\C=C\C(CO)C2(O)CC(OC(=O)N2)C(C)C2OC2(C)C(OC(=O)C(C)N(C)C(=O)CSC(C)C)CC(=O)N(C)c2cc(cc(C=O)c2Cl)C1. The van der Waals surface area contributed by atoms with Crippen LogP contribution >= 0.6 is 23.4 Å². The summed E-state index contributed by atoms with van der Waals surface area (Å²) in [6.45, 7) is 10.3. The predicted molar refractivity (Wildman–Crippen MR) is 197 cm³/mol. The summed E-state index contributed by atoms with van der Waals surface area (Å²) < 4.78 is 17.9. The highest BCUT2D eigenvalue weighted by atomic mass is 35.5. The average molecular weight is 764 g/mol. The molecule has 2 saturated heterocycles. The number of carbonyl (C=O) groups excluding carboxylic acids is 5. The third-order valence-electron chi connectivity index (χ3n) is 10.2. The van der Waals surface area contributed by atoms with Gasteiger partial charge in [0.05, 0.1) is 35.6 Å². The number of likely N-dealkylation sites (N-methyl/N-ethyl adjacent to an activating group) is 1. The fraction of sp³-hybridized carbons (Fsp3) is 0.595. The Hall–Kier alpha value is -3.43. The summed E-state index contributed by atoms with van der Waals surface area (Å²) in [6, 6.07) is 2.34. The first kappa shape index (κ1) is 41.3. The second-order valence-electron chi connectivity index (χ2n) is 14.4. The van der Waals surface area contributed by atoms with Gasteiger partial charge < -0.3 is 34.2 Å². The molecule has 3 aliphatic rings. The molecule has 1 aromatic carbocycles. The van der Waals surface area contributed by atoms with E-state index in [0.29, 0.717) is 18.3 Å². The number of hydrogen-bond donors (Lipinski definition) is 3. The minimum atomic E-state index is -1.87. The number of aldehydes is 1. The average Bonchev–Trinajstić information content (AvgIpc) is 3.79. The number of amides is 3. The van der Waals surface area contributed by atoms with Gasteiger partial charge in [0, 0.05) is 37.9 Å². The Morgan fingerprint density at radius 1 is 1.27 bits per heavy atom. The van der Waals surface area contributed by atoms with Crippen LogP contribution < -0.4 is 10.2 Å². The Morgan fingerprint density at radius 3 is 2.60 bits per heavy atom. The molecule has 0 spiro atoms. The van der Waals surface area contributed by atoms with Gasteiger partial charge in [-0.25, -0.2) is 9.59 Å². The highest BCUT2D eigenvalue weighted by molar-refractivity contribution is 8.00. The van der Waals surface area contributed by atoms with Crippen LogP contribution in [0.25, 0.3) is 0 Å². The third-order valence-corrected chi connectivity index (χ3v) is 11.7. The Morgan fingerprint density at radius 2 is 1.96 bits per heavy atom. The largest absolute Gasteiger partial charge is 0.457 e. The Labute approximate surface area is 314 Å². The second kappa shape index (κ2) is 16.7. The van der Waals surface area contributed by atoms with Gasteiger partial charge in [0.25, 0.3) is 0 Å². The minimum Gasteiger partial charge on any atom is -0.457 e. The summed E-state index contributed by atoms with van der Waals surface area (Å²) in [7, 11) is 3.02. The maximum atomic E-state index is 14.1. The van der Waals surface area contributed by atoms with Crippen molar-refractivity contribution in [1.82, 2.24) is 10.2 Å². The van der Waals surface area contributed by atoms with Gasteiger partial charge in [-0.1, -0.05) is 56.2 Å². The van der Waals surface area contributed by atoms with Crippen LogP contribution in [0.2, 0.25) is 5.02 Å². The quantitative estimate of drug-likeness (QED) is 0.198. The lowest BCUT2D eigenvalue weighted by atomic mass is 9.81. The van der Waals surface area contributed by atoms with Gasteiger partial charge in [-0.05, 0) is 50.1 Å². The highest BCUT2D eigenvalue weighted by Gasteiger charge is 2.64. The van der Waals surface area contributed by atoms with Crippen molar-refractivity contribution in [3.8, 4) is 0 Å². The molecule has 8 atom stereocenters. The second-order valence-corrected chi connectivity index (χ2v) is 16.3. The molecule has 3 amide bonds. The lowest BCUT2D eigenvalue weighted by Gasteiger charge is -2.42. The predicted octanol–water partition coefficient (Wildman–Crippen LogP) is 4.05. The van der Waals surface area contributed by atoms with Gasteiger partial charge >= 0.3 is 12.1 Å². The number of hydrogen-bond acceptors (Lipinski definition) is 11.